The average molecular weight is 379 g/mol. The van der Waals surface area contributed by atoms with Gasteiger partial charge in [0, 0.05) is 38.4 Å². The minimum absolute atomic E-state index is 0.204. The van der Waals surface area contributed by atoms with Crippen molar-refractivity contribution in [3.05, 3.63) is 71.4 Å². The molecule has 2 aromatic rings. The van der Waals surface area contributed by atoms with Crippen LogP contribution >= 0.6 is 0 Å². The molecule has 1 aliphatic heterocycles. The third kappa shape index (κ3) is 4.98. The fourth-order valence-corrected chi connectivity index (χ4v) is 2.91. The Hall–Kier alpha value is -3.12. The second-order valence-corrected chi connectivity index (χ2v) is 6.77. The Bertz CT molecular complexity index is 839. The number of ether oxygens (including phenoxy) is 1. The van der Waals surface area contributed by atoms with Crippen LogP contribution in [-0.4, -0.2) is 57.1 Å². The number of hydrogen-bond acceptors (Lipinski definition) is 4. The van der Waals surface area contributed by atoms with E-state index in [9.17, 15) is 9.59 Å². The third-order valence-corrected chi connectivity index (χ3v) is 4.53. The van der Waals surface area contributed by atoms with Crippen LogP contribution in [0.4, 0.5) is 5.69 Å². The second-order valence-electron chi connectivity index (χ2n) is 6.77. The van der Waals surface area contributed by atoms with Gasteiger partial charge in [0.15, 0.2) is 0 Å². The number of carbonyl (C=O) groups is 2. The molecule has 0 radical (unpaired) electrons. The van der Waals surface area contributed by atoms with Gasteiger partial charge in [-0.05, 0) is 35.9 Å². The van der Waals surface area contributed by atoms with Crippen molar-refractivity contribution in [2.45, 2.75) is 0 Å². The predicted octanol–water partition coefficient (Wildman–Crippen LogP) is 2.38. The van der Waals surface area contributed by atoms with Crippen molar-refractivity contribution in [2.24, 2.45) is 0 Å². The lowest BCUT2D eigenvalue weighted by atomic mass is 10.1. The second kappa shape index (κ2) is 9.19. The molecule has 6 heteroatoms. The van der Waals surface area contributed by atoms with Gasteiger partial charge in [-0.1, -0.05) is 30.3 Å². The van der Waals surface area contributed by atoms with E-state index in [2.05, 4.69) is 5.32 Å². The van der Waals surface area contributed by atoms with Crippen molar-refractivity contribution in [3.8, 4) is 0 Å². The fourth-order valence-electron chi connectivity index (χ4n) is 2.91. The third-order valence-electron chi connectivity index (χ3n) is 4.53. The standard InChI is InChI=1S/C22H25N3O3/c1-24(2)19-10-8-17(9-11-19)16-20(22(27)25-12-14-28-15-13-25)23-21(26)18-6-4-3-5-7-18/h3-11,16H,12-15H2,1-2H3,(H,23,26)/b20-16+. The number of nitrogens with zero attached hydrogens (tertiary/aromatic N) is 2. The molecule has 3 rings (SSSR count). The molecule has 1 saturated heterocycles. The van der Waals surface area contributed by atoms with Crippen LogP contribution in [0.5, 0.6) is 0 Å². The van der Waals surface area contributed by atoms with Crippen LogP contribution in [0.1, 0.15) is 15.9 Å². The average Bonchev–Trinajstić information content (AvgIpc) is 2.74. The van der Waals surface area contributed by atoms with Crippen molar-refractivity contribution >= 4 is 23.6 Å². The van der Waals surface area contributed by atoms with Gasteiger partial charge in [-0.3, -0.25) is 9.59 Å². The molecule has 1 heterocycles. The smallest absolute Gasteiger partial charge is 0.270 e. The van der Waals surface area contributed by atoms with Gasteiger partial charge in [-0.15, -0.1) is 0 Å². The van der Waals surface area contributed by atoms with Gasteiger partial charge in [0.2, 0.25) is 0 Å². The van der Waals surface area contributed by atoms with Gasteiger partial charge in [0.1, 0.15) is 5.70 Å². The molecule has 0 atom stereocenters. The summed E-state index contributed by atoms with van der Waals surface area (Å²) < 4.78 is 5.33. The molecule has 1 N–H and O–H groups in total. The first kappa shape index (κ1) is 19.6. The van der Waals surface area contributed by atoms with Crippen molar-refractivity contribution in [1.82, 2.24) is 10.2 Å². The quantitative estimate of drug-likeness (QED) is 0.811. The molecule has 1 fully saturated rings. The number of nitrogens with one attached hydrogen (secondary N) is 1. The van der Waals surface area contributed by atoms with Crippen LogP contribution < -0.4 is 10.2 Å². The number of anilines is 1. The Kier molecular flexibility index (Phi) is 6.45. The number of rotatable bonds is 5. The summed E-state index contributed by atoms with van der Waals surface area (Å²) in [5.41, 5.74) is 2.67. The van der Waals surface area contributed by atoms with Crippen LogP contribution in [0.3, 0.4) is 0 Å². The summed E-state index contributed by atoms with van der Waals surface area (Å²) in [6, 6.07) is 16.7. The Morgan fingerprint density at radius 1 is 1.00 bits per heavy atom. The maximum Gasteiger partial charge on any atom is 0.270 e. The van der Waals surface area contributed by atoms with E-state index in [1.54, 1.807) is 35.2 Å². The van der Waals surface area contributed by atoms with Gasteiger partial charge in [0.25, 0.3) is 11.8 Å². The number of hydrogen-bond donors (Lipinski definition) is 1. The Labute approximate surface area is 165 Å². The topological polar surface area (TPSA) is 61.9 Å². The van der Waals surface area contributed by atoms with Crippen molar-refractivity contribution in [1.29, 1.82) is 0 Å². The first-order chi connectivity index (χ1) is 13.5. The summed E-state index contributed by atoms with van der Waals surface area (Å²) >= 11 is 0. The molecule has 0 bridgehead atoms. The molecular weight excluding hydrogens is 354 g/mol. The predicted molar refractivity (Wildman–Crippen MR) is 110 cm³/mol. The van der Waals surface area contributed by atoms with Gasteiger partial charge < -0.3 is 19.9 Å². The van der Waals surface area contributed by atoms with Gasteiger partial charge in [-0.25, -0.2) is 0 Å². The molecular formula is C22H25N3O3. The van der Waals surface area contributed by atoms with Crippen molar-refractivity contribution in [2.75, 3.05) is 45.3 Å². The number of amides is 2. The zero-order valence-corrected chi connectivity index (χ0v) is 16.2. The Morgan fingerprint density at radius 3 is 2.25 bits per heavy atom. The highest BCUT2D eigenvalue weighted by atomic mass is 16.5. The molecule has 0 aromatic heterocycles. The van der Waals surface area contributed by atoms with E-state index < -0.39 is 0 Å². The van der Waals surface area contributed by atoms with E-state index in [1.807, 2.05) is 49.3 Å². The zero-order valence-electron chi connectivity index (χ0n) is 16.2. The maximum absolute atomic E-state index is 13.0. The van der Waals surface area contributed by atoms with E-state index in [-0.39, 0.29) is 17.5 Å². The van der Waals surface area contributed by atoms with Gasteiger partial charge in [0.05, 0.1) is 13.2 Å². The highest BCUT2D eigenvalue weighted by Gasteiger charge is 2.22. The zero-order chi connectivity index (χ0) is 19.9. The van der Waals surface area contributed by atoms with Crippen LogP contribution in [0.15, 0.2) is 60.3 Å². The highest BCUT2D eigenvalue weighted by Crippen LogP contribution is 2.16. The van der Waals surface area contributed by atoms with E-state index in [0.29, 0.717) is 31.9 Å². The lowest BCUT2D eigenvalue weighted by Gasteiger charge is -2.28. The largest absolute Gasteiger partial charge is 0.378 e. The summed E-state index contributed by atoms with van der Waals surface area (Å²) in [5.74, 6) is -0.511. The first-order valence-electron chi connectivity index (χ1n) is 9.27. The molecule has 1 aliphatic rings. The van der Waals surface area contributed by atoms with Gasteiger partial charge >= 0.3 is 0 Å². The summed E-state index contributed by atoms with van der Waals surface area (Å²) in [7, 11) is 3.94. The molecule has 2 amide bonds. The van der Waals surface area contributed by atoms with E-state index in [0.717, 1.165) is 11.3 Å². The van der Waals surface area contributed by atoms with E-state index in [1.165, 1.54) is 0 Å². The molecule has 0 unspecified atom stereocenters. The highest BCUT2D eigenvalue weighted by molar-refractivity contribution is 6.05. The lowest BCUT2D eigenvalue weighted by molar-refractivity contribution is -0.131. The maximum atomic E-state index is 13.0. The van der Waals surface area contributed by atoms with Gasteiger partial charge in [-0.2, -0.15) is 0 Å². The minimum Gasteiger partial charge on any atom is -0.378 e. The SMILES string of the molecule is CN(C)c1ccc(/C=C(/NC(=O)c2ccccc2)C(=O)N2CCOCC2)cc1. The first-order valence-corrected chi connectivity index (χ1v) is 9.27. The lowest BCUT2D eigenvalue weighted by Crippen LogP contribution is -2.44. The minimum atomic E-state index is -0.307. The van der Waals surface area contributed by atoms with Crippen LogP contribution in [0, 0.1) is 0 Å². The summed E-state index contributed by atoms with van der Waals surface area (Å²) in [6.07, 6.45) is 1.72. The Balaban J connectivity index is 1.86. The molecule has 28 heavy (non-hydrogen) atoms. The molecule has 0 saturated carbocycles. The summed E-state index contributed by atoms with van der Waals surface area (Å²) in [4.78, 5) is 29.4. The van der Waals surface area contributed by atoms with E-state index in [4.69, 9.17) is 4.74 Å². The Morgan fingerprint density at radius 2 is 1.64 bits per heavy atom. The molecule has 0 spiro atoms. The fraction of sp³-hybridized carbons (Fsp3) is 0.273. The van der Waals surface area contributed by atoms with Crippen molar-refractivity contribution < 1.29 is 14.3 Å². The molecule has 6 nitrogen and oxygen atoms in total. The molecule has 146 valence electrons. The summed E-state index contributed by atoms with van der Waals surface area (Å²) in [5, 5.41) is 2.80. The normalized spacial score (nSPS) is 14.5. The number of morpholine rings is 1. The van der Waals surface area contributed by atoms with Crippen LogP contribution in [0.2, 0.25) is 0 Å². The van der Waals surface area contributed by atoms with E-state index >= 15 is 0 Å². The van der Waals surface area contributed by atoms with Crippen LogP contribution in [0.25, 0.3) is 6.08 Å². The number of carbonyl (C=O) groups excluding carboxylic acids is 2. The van der Waals surface area contributed by atoms with Crippen LogP contribution in [-0.2, 0) is 9.53 Å². The monoisotopic (exact) mass is 379 g/mol. The number of benzene rings is 2. The summed E-state index contributed by atoms with van der Waals surface area (Å²) in [6.45, 7) is 2.03. The molecule has 2 aromatic carbocycles. The van der Waals surface area contributed by atoms with Crippen molar-refractivity contribution in [3.63, 3.8) is 0 Å². The molecule has 0 aliphatic carbocycles.